The van der Waals surface area contributed by atoms with Crippen LogP contribution in [-0.4, -0.2) is 37.5 Å². The summed E-state index contributed by atoms with van der Waals surface area (Å²) in [5.74, 6) is 0.622. The fourth-order valence-electron chi connectivity index (χ4n) is 3.41. The highest BCUT2D eigenvalue weighted by atomic mass is 16.5. The summed E-state index contributed by atoms with van der Waals surface area (Å²) in [4.78, 5) is 26.6. The van der Waals surface area contributed by atoms with Crippen LogP contribution in [0.25, 0.3) is 0 Å². The minimum atomic E-state index is -0.178. The fraction of sp³-hybridized carbons (Fsp3) is 0.333. The number of rotatable bonds is 4. The number of nitrogens with one attached hydrogen (secondary N) is 2. The van der Waals surface area contributed by atoms with Crippen molar-refractivity contribution in [3.8, 4) is 5.75 Å². The standard InChI is InChI=1S/C21H25N3O3/c1-14-6-7-16(20(25)22-2)13-18(14)23-21(26)24-12-4-5-19(24)15-8-10-17(27-3)11-9-15/h6-11,13,19H,4-5,12H2,1-3H3,(H,22,25)(H,23,26)/t19-/m1/s1. The number of anilines is 1. The third kappa shape index (κ3) is 4.05. The molecule has 0 bridgehead atoms. The first kappa shape index (κ1) is 18.8. The molecule has 27 heavy (non-hydrogen) atoms. The summed E-state index contributed by atoms with van der Waals surface area (Å²) < 4.78 is 5.21. The number of carbonyl (C=O) groups is 2. The van der Waals surface area contributed by atoms with Crippen molar-refractivity contribution in [3.63, 3.8) is 0 Å². The Balaban J connectivity index is 1.77. The highest BCUT2D eigenvalue weighted by molar-refractivity contribution is 5.97. The van der Waals surface area contributed by atoms with Crippen LogP contribution in [0.5, 0.6) is 5.75 Å². The van der Waals surface area contributed by atoms with E-state index in [1.165, 1.54) is 0 Å². The molecular formula is C21H25N3O3. The van der Waals surface area contributed by atoms with Crippen LogP contribution in [0, 0.1) is 6.92 Å². The number of benzene rings is 2. The molecule has 0 spiro atoms. The molecule has 3 amide bonds. The molecule has 1 aliphatic heterocycles. The van der Waals surface area contributed by atoms with Crippen LogP contribution >= 0.6 is 0 Å². The largest absolute Gasteiger partial charge is 0.497 e. The van der Waals surface area contributed by atoms with Crippen molar-refractivity contribution >= 4 is 17.6 Å². The molecule has 0 radical (unpaired) electrons. The third-order valence-corrected chi connectivity index (χ3v) is 4.98. The first-order chi connectivity index (χ1) is 13.0. The molecule has 2 N–H and O–H groups in total. The predicted octanol–water partition coefficient (Wildman–Crippen LogP) is 3.73. The molecule has 0 aromatic heterocycles. The SMILES string of the molecule is CNC(=O)c1ccc(C)c(NC(=O)N2CCC[C@@H]2c2ccc(OC)cc2)c1. The van der Waals surface area contributed by atoms with Crippen molar-refractivity contribution in [2.75, 3.05) is 26.0 Å². The lowest BCUT2D eigenvalue weighted by atomic mass is 10.0. The highest BCUT2D eigenvalue weighted by Gasteiger charge is 2.30. The van der Waals surface area contributed by atoms with Crippen LogP contribution in [0.3, 0.4) is 0 Å². The van der Waals surface area contributed by atoms with Gasteiger partial charge < -0.3 is 20.3 Å². The van der Waals surface area contributed by atoms with Gasteiger partial charge in [0.2, 0.25) is 0 Å². The maximum absolute atomic E-state index is 12.9. The number of hydrogen-bond acceptors (Lipinski definition) is 3. The van der Waals surface area contributed by atoms with Gasteiger partial charge in [0, 0.05) is 24.8 Å². The second kappa shape index (κ2) is 8.12. The molecule has 1 saturated heterocycles. The van der Waals surface area contributed by atoms with E-state index >= 15 is 0 Å². The molecule has 1 heterocycles. The summed E-state index contributed by atoms with van der Waals surface area (Å²) >= 11 is 0. The van der Waals surface area contributed by atoms with Crippen LogP contribution in [0.4, 0.5) is 10.5 Å². The van der Waals surface area contributed by atoms with Gasteiger partial charge in [0.05, 0.1) is 13.2 Å². The molecule has 142 valence electrons. The zero-order valence-corrected chi connectivity index (χ0v) is 15.9. The molecule has 6 nitrogen and oxygen atoms in total. The van der Waals surface area contributed by atoms with Gasteiger partial charge in [0.25, 0.3) is 5.91 Å². The smallest absolute Gasteiger partial charge is 0.322 e. The number of methoxy groups -OCH3 is 1. The number of nitrogens with zero attached hydrogens (tertiary/aromatic N) is 1. The first-order valence-electron chi connectivity index (χ1n) is 9.07. The predicted molar refractivity (Wildman–Crippen MR) is 105 cm³/mol. The van der Waals surface area contributed by atoms with E-state index in [9.17, 15) is 9.59 Å². The molecule has 0 aliphatic carbocycles. The average Bonchev–Trinajstić information content (AvgIpc) is 3.19. The van der Waals surface area contributed by atoms with Crippen molar-refractivity contribution in [3.05, 3.63) is 59.2 Å². The molecule has 1 fully saturated rings. The summed E-state index contributed by atoms with van der Waals surface area (Å²) in [5.41, 5.74) is 3.18. The maximum atomic E-state index is 12.9. The van der Waals surface area contributed by atoms with Gasteiger partial charge in [0.15, 0.2) is 0 Å². The zero-order valence-electron chi connectivity index (χ0n) is 15.9. The second-order valence-corrected chi connectivity index (χ2v) is 6.66. The summed E-state index contributed by atoms with van der Waals surface area (Å²) in [7, 11) is 3.23. The van der Waals surface area contributed by atoms with E-state index in [1.54, 1.807) is 26.3 Å². The van der Waals surface area contributed by atoms with Gasteiger partial charge in [-0.25, -0.2) is 4.79 Å². The van der Waals surface area contributed by atoms with Crippen molar-refractivity contribution in [1.82, 2.24) is 10.2 Å². The first-order valence-corrected chi connectivity index (χ1v) is 9.07. The minimum absolute atomic E-state index is 0.0401. The van der Waals surface area contributed by atoms with E-state index in [0.29, 0.717) is 17.8 Å². The summed E-state index contributed by atoms with van der Waals surface area (Å²) in [6, 6.07) is 13.0. The van der Waals surface area contributed by atoms with Crippen molar-refractivity contribution < 1.29 is 14.3 Å². The Labute approximate surface area is 159 Å². The van der Waals surface area contributed by atoms with Crippen molar-refractivity contribution in [2.24, 2.45) is 0 Å². The maximum Gasteiger partial charge on any atom is 0.322 e. The second-order valence-electron chi connectivity index (χ2n) is 6.66. The zero-order chi connectivity index (χ0) is 19.4. The number of ether oxygens (including phenoxy) is 1. The number of aryl methyl sites for hydroxylation is 1. The number of likely N-dealkylation sites (tertiary alicyclic amines) is 1. The molecule has 6 heteroatoms. The monoisotopic (exact) mass is 367 g/mol. The van der Waals surface area contributed by atoms with E-state index in [2.05, 4.69) is 10.6 Å². The van der Waals surface area contributed by atoms with E-state index < -0.39 is 0 Å². The Kier molecular flexibility index (Phi) is 5.64. The van der Waals surface area contributed by atoms with Gasteiger partial charge >= 0.3 is 6.03 Å². The Morgan fingerprint density at radius 2 is 1.89 bits per heavy atom. The van der Waals surface area contributed by atoms with E-state index in [-0.39, 0.29) is 18.0 Å². The van der Waals surface area contributed by atoms with Gasteiger partial charge in [-0.1, -0.05) is 18.2 Å². The third-order valence-electron chi connectivity index (χ3n) is 4.98. The number of hydrogen-bond donors (Lipinski definition) is 2. The van der Waals surface area contributed by atoms with Crippen molar-refractivity contribution in [2.45, 2.75) is 25.8 Å². The van der Waals surface area contributed by atoms with Crippen LogP contribution < -0.4 is 15.4 Å². The quantitative estimate of drug-likeness (QED) is 0.865. The lowest BCUT2D eigenvalue weighted by Crippen LogP contribution is -2.34. The van der Waals surface area contributed by atoms with Crippen LogP contribution in [0.2, 0.25) is 0 Å². The molecule has 0 saturated carbocycles. The van der Waals surface area contributed by atoms with Crippen molar-refractivity contribution in [1.29, 1.82) is 0 Å². The highest BCUT2D eigenvalue weighted by Crippen LogP contribution is 2.33. The van der Waals surface area contributed by atoms with E-state index in [1.807, 2.05) is 42.2 Å². The van der Waals surface area contributed by atoms with Crippen LogP contribution in [0.15, 0.2) is 42.5 Å². The van der Waals surface area contributed by atoms with Gasteiger partial charge in [-0.15, -0.1) is 0 Å². The Morgan fingerprint density at radius 3 is 2.56 bits per heavy atom. The molecule has 2 aromatic carbocycles. The molecule has 2 aromatic rings. The van der Waals surface area contributed by atoms with Gasteiger partial charge in [-0.05, 0) is 55.2 Å². The minimum Gasteiger partial charge on any atom is -0.497 e. The Morgan fingerprint density at radius 1 is 1.15 bits per heavy atom. The fourth-order valence-corrected chi connectivity index (χ4v) is 3.41. The van der Waals surface area contributed by atoms with Crippen LogP contribution in [0.1, 0.15) is 40.4 Å². The van der Waals surface area contributed by atoms with Gasteiger partial charge in [-0.2, -0.15) is 0 Å². The number of amides is 3. The normalized spacial score (nSPS) is 16.1. The average molecular weight is 367 g/mol. The molecule has 0 unspecified atom stereocenters. The lowest BCUT2D eigenvalue weighted by molar-refractivity contribution is 0.0963. The number of carbonyl (C=O) groups excluding carboxylic acids is 2. The Hall–Kier alpha value is -3.02. The molecular weight excluding hydrogens is 342 g/mol. The van der Waals surface area contributed by atoms with Gasteiger partial charge in [-0.3, -0.25) is 4.79 Å². The Bertz CT molecular complexity index is 833. The molecule has 1 aliphatic rings. The van der Waals surface area contributed by atoms with E-state index in [4.69, 9.17) is 4.74 Å². The topological polar surface area (TPSA) is 70.7 Å². The molecule has 3 rings (SSSR count). The summed E-state index contributed by atoms with van der Waals surface area (Å²) in [6.07, 6.45) is 1.89. The summed E-state index contributed by atoms with van der Waals surface area (Å²) in [5, 5.41) is 5.58. The lowest BCUT2D eigenvalue weighted by Gasteiger charge is -2.26. The molecule has 1 atom stereocenters. The van der Waals surface area contributed by atoms with Gasteiger partial charge in [0.1, 0.15) is 5.75 Å². The van der Waals surface area contributed by atoms with E-state index in [0.717, 1.165) is 29.7 Å². The van der Waals surface area contributed by atoms with Crippen LogP contribution in [-0.2, 0) is 0 Å². The summed E-state index contributed by atoms with van der Waals surface area (Å²) in [6.45, 7) is 2.62. The number of urea groups is 1.